The zero-order chi connectivity index (χ0) is 19.3. The summed E-state index contributed by atoms with van der Waals surface area (Å²) in [7, 11) is 1.66. The van der Waals surface area contributed by atoms with Gasteiger partial charge in [-0.1, -0.05) is 35.6 Å². The van der Waals surface area contributed by atoms with E-state index in [2.05, 4.69) is 22.0 Å². The van der Waals surface area contributed by atoms with Gasteiger partial charge in [0.2, 0.25) is 0 Å². The van der Waals surface area contributed by atoms with Crippen LogP contribution in [0.3, 0.4) is 0 Å². The van der Waals surface area contributed by atoms with E-state index in [0.717, 1.165) is 33.3 Å². The zero-order valence-corrected chi connectivity index (χ0v) is 17.3. The molecular formula is C21H22N2O3S2. The molecule has 4 rings (SSSR count). The topological polar surface area (TPSA) is 51.7 Å². The lowest BCUT2D eigenvalue weighted by Crippen LogP contribution is -2.53. The van der Waals surface area contributed by atoms with Gasteiger partial charge in [-0.25, -0.2) is 4.98 Å². The Balaban J connectivity index is 1.20. The van der Waals surface area contributed by atoms with Crippen LogP contribution in [-0.4, -0.2) is 43.0 Å². The number of thiazole rings is 1. The maximum absolute atomic E-state index is 12.0. The standard InChI is InChI=1S/C21H22N2O3S2/c1-25-17-9-5-10-18-20(17)22-21(28-18)23-13-15(14-23)26-19(24)11-6-12-27-16-7-3-2-4-8-16/h2-5,7-10,15H,6,11-14H2,1H3. The predicted molar refractivity (Wildman–Crippen MR) is 115 cm³/mol. The second-order valence-electron chi connectivity index (χ2n) is 6.59. The van der Waals surface area contributed by atoms with Crippen LogP contribution >= 0.6 is 23.1 Å². The first kappa shape index (κ1) is 19.1. The van der Waals surface area contributed by atoms with Crippen molar-refractivity contribution in [2.75, 3.05) is 30.9 Å². The van der Waals surface area contributed by atoms with Gasteiger partial charge < -0.3 is 14.4 Å². The molecule has 1 aromatic heterocycles. The average molecular weight is 415 g/mol. The number of thioether (sulfide) groups is 1. The van der Waals surface area contributed by atoms with Gasteiger partial charge in [-0.15, -0.1) is 11.8 Å². The summed E-state index contributed by atoms with van der Waals surface area (Å²) in [4.78, 5) is 20.1. The van der Waals surface area contributed by atoms with Gasteiger partial charge in [0.05, 0.1) is 24.9 Å². The Morgan fingerprint density at radius 2 is 2.04 bits per heavy atom. The minimum absolute atomic E-state index is 0.0387. The van der Waals surface area contributed by atoms with Crippen LogP contribution in [0, 0.1) is 0 Å². The Kier molecular flexibility index (Phi) is 6.02. The van der Waals surface area contributed by atoms with Gasteiger partial charge in [0.1, 0.15) is 17.4 Å². The van der Waals surface area contributed by atoms with Gasteiger partial charge in [-0.3, -0.25) is 4.79 Å². The van der Waals surface area contributed by atoms with Gasteiger partial charge in [-0.2, -0.15) is 0 Å². The van der Waals surface area contributed by atoms with Gasteiger partial charge in [0, 0.05) is 11.3 Å². The van der Waals surface area contributed by atoms with E-state index in [4.69, 9.17) is 9.47 Å². The number of benzene rings is 2. The molecule has 0 N–H and O–H groups in total. The number of hydrogen-bond acceptors (Lipinski definition) is 7. The maximum atomic E-state index is 12.0. The molecule has 1 aliphatic rings. The van der Waals surface area contributed by atoms with E-state index in [1.165, 1.54) is 4.90 Å². The molecule has 0 spiro atoms. The summed E-state index contributed by atoms with van der Waals surface area (Å²) in [6.45, 7) is 1.40. The van der Waals surface area contributed by atoms with E-state index in [-0.39, 0.29) is 12.1 Å². The molecule has 2 heterocycles. The minimum atomic E-state index is -0.107. The Morgan fingerprint density at radius 3 is 2.82 bits per heavy atom. The molecule has 1 saturated heterocycles. The van der Waals surface area contributed by atoms with Crippen molar-refractivity contribution in [3.63, 3.8) is 0 Å². The largest absolute Gasteiger partial charge is 0.494 e. The van der Waals surface area contributed by atoms with Crippen molar-refractivity contribution in [3.8, 4) is 5.75 Å². The molecule has 2 aromatic carbocycles. The molecule has 5 nitrogen and oxygen atoms in total. The van der Waals surface area contributed by atoms with E-state index in [0.29, 0.717) is 19.5 Å². The second kappa shape index (κ2) is 8.84. The lowest BCUT2D eigenvalue weighted by atomic mass is 10.2. The number of hydrogen-bond donors (Lipinski definition) is 0. The van der Waals surface area contributed by atoms with Gasteiger partial charge in [0.25, 0.3) is 0 Å². The number of fused-ring (bicyclic) bond motifs is 1. The van der Waals surface area contributed by atoms with Crippen LogP contribution in [0.15, 0.2) is 53.4 Å². The molecule has 1 fully saturated rings. The zero-order valence-electron chi connectivity index (χ0n) is 15.7. The Bertz CT molecular complexity index is 939. The quantitative estimate of drug-likeness (QED) is 0.305. The number of nitrogens with zero attached hydrogens (tertiary/aromatic N) is 2. The molecular weight excluding hydrogens is 392 g/mol. The second-order valence-corrected chi connectivity index (χ2v) is 8.76. The van der Waals surface area contributed by atoms with Gasteiger partial charge in [-0.05, 0) is 36.4 Å². The summed E-state index contributed by atoms with van der Waals surface area (Å²) in [6.07, 6.45) is 1.25. The molecule has 1 aliphatic heterocycles. The first-order valence-electron chi connectivity index (χ1n) is 9.29. The van der Waals surface area contributed by atoms with Crippen LogP contribution in [0.5, 0.6) is 5.75 Å². The summed E-state index contributed by atoms with van der Waals surface area (Å²) in [5, 5.41) is 0.950. The highest BCUT2D eigenvalue weighted by Gasteiger charge is 2.32. The first-order valence-corrected chi connectivity index (χ1v) is 11.1. The number of aromatic nitrogens is 1. The Labute approximate surface area is 172 Å². The SMILES string of the molecule is COc1cccc2sc(N3CC(OC(=O)CCCSc4ccccc4)C3)nc12. The minimum Gasteiger partial charge on any atom is -0.494 e. The third kappa shape index (κ3) is 4.42. The maximum Gasteiger partial charge on any atom is 0.306 e. The van der Waals surface area contributed by atoms with Crippen molar-refractivity contribution >= 4 is 44.4 Å². The van der Waals surface area contributed by atoms with Gasteiger partial charge in [0.15, 0.2) is 5.13 Å². The number of carbonyl (C=O) groups is 1. The van der Waals surface area contributed by atoms with Crippen molar-refractivity contribution in [2.24, 2.45) is 0 Å². The average Bonchev–Trinajstić information content (AvgIpc) is 3.12. The normalized spacial score (nSPS) is 14.1. The summed E-state index contributed by atoms with van der Waals surface area (Å²) in [6, 6.07) is 16.2. The Morgan fingerprint density at radius 1 is 1.21 bits per heavy atom. The van der Waals surface area contributed by atoms with E-state index in [1.807, 2.05) is 36.4 Å². The summed E-state index contributed by atoms with van der Waals surface area (Å²) >= 11 is 3.41. The third-order valence-electron chi connectivity index (χ3n) is 4.54. The molecule has 0 saturated carbocycles. The molecule has 0 unspecified atom stereocenters. The van der Waals surface area contributed by atoms with E-state index in [9.17, 15) is 4.79 Å². The summed E-state index contributed by atoms with van der Waals surface area (Å²) in [5.41, 5.74) is 0.890. The van der Waals surface area contributed by atoms with Crippen LogP contribution in [0.4, 0.5) is 5.13 Å². The van der Waals surface area contributed by atoms with Crippen LogP contribution in [0.25, 0.3) is 10.2 Å². The number of methoxy groups -OCH3 is 1. The highest BCUT2D eigenvalue weighted by molar-refractivity contribution is 7.99. The molecule has 0 amide bonds. The highest BCUT2D eigenvalue weighted by atomic mass is 32.2. The summed E-state index contributed by atoms with van der Waals surface area (Å²) in [5.74, 6) is 1.60. The highest BCUT2D eigenvalue weighted by Crippen LogP contribution is 2.36. The number of carbonyl (C=O) groups excluding carboxylic acids is 1. The summed E-state index contributed by atoms with van der Waals surface area (Å²) < 4.78 is 12.0. The van der Waals surface area contributed by atoms with Crippen molar-refractivity contribution in [3.05, 3.63) is 48.5 Å². The molecule has 146 valence electrons. The van der Waals surface area contributed by atoms with Crippen molar-refractivity contribution < 1.29 is 14.3 Å². The lowest BCUT2D eigenvalue weighted by molar-refractivity contribution is -0.150. The fourth-order valence-electron chi connectivity index (χ4n) is 3.05. The molecule has 0 radical (unpaired) electrons. The van der Waals surface area contributed by atoms with E-state index < -0.39 is 0 Å². The molecule has 28 heavy (non-hydrogen) atoms. The smallest absolute Gasteiger partial charge is 0.306 e. The molecule has 0 bridgehead atoms. The van der Waals surface area contributed by atoms with Crippen LogP contribution in [0.2, 0.25) is 0 Å². The predicted octanol–water partition coefficient (Wildman–Crippen LogP) is 4.61. The van der Waals surface area contributed by atoms with Crippen LogP contribution < -0.4 is 9.64 Å². The number of rotatable bonds is 8. The van der Waals surface area contributed by atoms with Crippen molar-refractivity contribution in [1.29, 1.82) is 0 Å². The molecule has 3 aromatic rings. The number of anilines is 1. The molecule has 0 aliphatic carbocycles. The number of ether oxygens (including phenoxy) is 2. The number of esters is 1. The van der Waals surface area contributed by atoms with Gasteiger partial charge >= 0.3 is 5.97 Å². The van der Waals surface area contributed by atoms with E-state index in [1.54, 1.807) is 30.2 Å². The third-order valence-corrected chi connectivity index (χ3v) is 6.72. The monoisotopic (exact) mass is 414 g/mol. The van der Waals surface area contributed by atoms with E-state index >= 15 is 0 Å². The lowest BCUT2D eigenvalue weighted by Gasteiger charge is -2.38. The fraction of sp³-hybridized carbons (Fsp3) is 0.333. The molecule has 0 atom stereocenters. The Hall–Kier alpha value is -2.25. The number of para-hydroxylation sites is 1. The fourth-order valence-corrected chi connectivity index (χ4v) is 4.92. The van der Waals surface area contributed by atoms with Crippen molar-refractivity contribution in [1.82, 2.24) is 4.98 Å². The van der Waals surface area contributed by atoms with Crippen LogP contribution in [-0.2, 0) is 9.53 Å². The first-order chi connectivity index (χ1) is 13.7. The molecule has 7 heteroatoms. The van der Waals surface area contributed by atoms with Crippen LogP contribution in [0.1, 0.15) is 12.8 Å². The van der Waals surface area contributed by atoms with Crippen molar-refractivity contribution in [2.45, 2.75) is 23.8 Å².